The second kappa shape index (κ2) is 20.0. The molecule has 3 aliphatic heterocycles. The van der Waals surface area contributed by atoms with Gasteiger partial charge < -0.3 is 24.1 Å². The number of ether oxygens (including phenoxy) is 1. The van der Waals surface area contributed by atoms with Gasteiger partial charge >= 0.3 is 12.0 Å². The van der Waals surface area contributed by atoms with Crippen LogP contribution in [0.15, 0.2) is 120 Å². The smallest absolute Gasteiger partial charge is 0.355 e. The summed E-state index contributed by atoms with van der Waals surface area (Å²) in [6.45, 7) is 7.77. The molecule has 2 saturated heterocycles. The van der Waals surface area contributed by atoms with Crippen LogP contribution < -0.4 is 25.2 Å². The number of carboxylic acid groups (broad SMARTS) is 1. The van der Waals surface area contributed by atoms with Crippen LogP contribution >= 0.6 is 0 Å². The first-order valence-corrected chi connectivity index (χ1v) is 24.9. The molecule has 3 N–H and O–H groups in total. The monoisotopic (exact) mass is 977 g/mol. The molecule has 0 saturated carbocycles. The van der Waals surface area contributed by atoms with Gasteiger partial charge in [0, 0.05) is 74.9 Å². The van der Waals surface area contributed by atoms with Gasteiger partial charge in [0.25, 0.3) is 5.91 Å². The standard InChI is InChI=1S/C57H55N9O7/c1-35-40(41-22-24-50(59-53(41)56(70)71)66-28-26-37-10-7-12-42(45(37)34-66)54(68)61-57-58-46-13-3-4-14-49(46)73-57)11-8-15-48(35)72-39-19-16-36(17-20-39)9-5-6-27-64-29-31-65(32-30-64)38-18-21-43-47(33-38)63(2)62-52(43)44-23-25-51(67)60-55(44)69/h3-4,7-8,10-22,24,33,44H,5-6,9,23,25-32,34H2,1-2H3,(H,70,71)(H,58,61,68)(H,60,67,69). The molecule has 3 amide bonds. The lowest BCUT2D eigenvalue weighted by molar-refractivity contribution is -0.134. The lowest BCUT2D eigenvalue weighted by Crippen LogP contribution is -2.46. The number of para-hydroxylation sites is 2. The van der Waals surface area contributed by atoms with Gasteiger partial charge in [0.15, 0.2) is 11.3 Å². The summed E-state index contributed by atoms with van der Waals surface area (Å²) >= 11 is 0. The van der Waals surface area contributed by atoms with Crippen molar-refractivity contribution in [1.82, 2.24) is 30.0 Å². The van der Waals surface area contributed by atoms with Gasteiger partial charge in [0.2, 0.25) is 11.8 Å². The highest BCUT2D eigenvalue weighted by molar-refractivity contribution is 6.05. The molecule has 3 aliphatic rings. The Labute approximate surface area is 421 Å². The molecule has 73 heavy (non-hydrogen) atoms. The number of amides is 3. The number of nitrogens with one attached hydrogen (secondary N) is 2. The molecule has 0 aliphatic carbocycles. The molecule has 5 aromatic carbocycles. The van der Waals surface area contributed by atoms with E-state index in [1.165, 1.54) is 5.56 Å². The fourth-order valence-electron chi connectivity index (χ4n) is 10.5. The van der Waals surface area contributed by atoms with Crippen molar-refractivity contribution in [3.05, 3.63) is 154 Å². The van der Waals surface area contributed by atoms with E-state index in [1.54, 1.807) is 12.1 Å². The number of nitrogens with zero attached hydrogens (tertiary/aromatic N) is 7. The summed E-state index contributed by atoms with van der Waals surface area (Å²) in [4.78, 5) is 66.8. The van der Waals surface area contributed by atoms with Crippen molar-refractivity contribution in [3.8, 4) is 22.6 Å². The number of aryl methyl sites for hydroxylation is 2. The Kier molecular flexibility index (Phi) is 12.9. The zero-order chi connectivity index (χ0) is 50.2. The highest BCUT2D eigenvalue weighted by Crippen LogP contribution is 2.37. The number of carbonyl (C=O) groups excluding carboxylic acids is 3. The number of piperazine rings is 1. The van der Waals surface area contributed by atoms with E-state index >= 15 is 0 Å². The minimum absolute atomic E-state index is 0.0688. The first kappa shape index (κ1) is 47.0. The number of rotatable bonds is 14. The van der Waals surface area contributed by atoms with Crippen LogP contribution in [-0.4, -0.2) is 92.7 Å². The van der Waals surface area contributed by atoms with Crippen molar-refractivity contribution >= 4 is 63.2 Å². The predicted octanol–water partition coefficient (Wildman–Crippen LogP) is 9.06. The summed E-state index contributed by atoms with van der Waals surface area (Å²) in [5.74, 6) is -0.567. The minimum Gasteiger partial charge on any atom is -0.476 e. The number of aromatic carboxylic acids is 1. The molecule has 16 nitrogen and oxygen atoms in total. The summed E-state index contributed by atoms with van der Waals surface area (Å²) in [5.41, 5.74) is 9.62. The Morgan fingerprint density at radius 1 is 0.836 bits per heavy atom. The number of unbranched alkanes of at least 4 members (excludes halogenated alkanes) is 1. The van der Waals surface area contributed by atoms with Gasteiger partial charge in [-0.05, 0) is 140 Å². The second-order valence-electron chi connectivity index (χ2n) is 19.1. The molecule has 6 heterocycles. The SMILES string of the molecule is Cc1c(Oc2ccc(CCCCN3CCN(c4ccc5c(C6CCC(=O)NC6=O)nn(C)c5c4)CC3)cc2)cccc1-c1ccc(N2CCc3cccc(C(=O)Nc4nc5ccccc5o4)c3C2)nc1C(=O)O. The molecule has 370 valence electrons. The third-order valence-electron chi connectivity index (χ3n) is 14.5. The maximum absolute atomic E-state index is 13.6. The Bertz CT molecular complexity index is 3400. The van der Waals surface area contributed by atoms with Gasteiger partial charge in [0.05, 0.1) is 17.1 Å². The Morgan fingerprint density at radius 2 is 1.66 bits per heavy atom. The van der Waals surface area contributed by atoms with E-state index in [0.29, 0.717) is 77.5 Å². The van der Waals surface area contributed by atoms with Crippen molar-refractivity contribution < 1.29 is 33.4 Å². The van der Waals surface area contributed by atoms with Crippen molar-refractivity contribution in [1.29, 1.82) is 0 Å². The maximum Gasteiger partial charge on any atom is 0.355 e. The lowest BCUT2D eigenvalue weighted by Gasteiger charge is -2.36. The van der Waals surface area contributed by atoms with Crippen LogP contribution in [0.1, 0.15) is 80.4 Å². The number of pyridine rings is 1. The third kappa shape index (κ3) is 9.73. The topological polar surface area (TPSA) is 188 Å². The molecule has 11 rings (SSSR count). The Hall–Kier alpha value is -8.37. The first-order chi connectivity index (χ1) is 35.5. The average molecular weight is 978 g/mol. The summed E-state index contributed by atoms with van der Waals surface area (Å²) in [6, 6.07) is 36.9. The van der Waals surface area contributed by atoms with Crippen LogP contribution in [0.25, 0.3) is 33.1 Å². The summed E-state index contributed by atoms with van der Waals surface area (Å²) < 4.78 is 14.0. The minimum atomic E-state index is -1.14. The number of hydrogen-bond donors (Lipinski definition) is 3. The van der Waals surface area contributed by atoms with Crippen molar-refractivity contribution in [2.75, 3.05) is 54.4 Å². The van der Waals surface area contributed by atoms with Gasteiger partial charge in [-0.25, -0.2) is 9.78 Å². The molecule has 3 aromatic heterocycles. The molecular weight excluding hydrogens is 923 g/mol. The van der Waals surface area contributed by atoms with Crippen LogP contribution in [-0.2, 0) is 36.0 Å². The van der Waals surface area contributed by atoms with E-state index in [4.69, 9.17) is 19.2 Å². The highest BCUT2D eigenvalue weighted by Gasteiger charge is 2.32. The highest BCUT2D eigenvalue weighted by atomic mass is 16.5. The molecule has 0 radical (unpaired) electrons. The van der Waals surface area contributed by atoms with Crippen molar-refractivity contribution in [3.63, 3.8) is 0 Å². The largest absolute Gasteiger partial charge is 0.476 e. The zero-order valence-corrected chi connectivity index (χ0v) is 40.8. The molecule has 2 fully saturated rings. The Morgan fingerprint density at radius 3 is 2.47 bits per heavy atom. The van der Waals surface area contributed by atoms with E-state index in [9.17, 15) is 24.3 Å². The van der Waals surface area contributed by atoms with Crippen LogP contribution in [0.4, 0.5) is 17.5 Å². The fraction of sp³-hybridized carbons (Fsp3) is 0.281. The number of anilines is 3. The number of fused-ring (bicyclic) bond motifs is 3. The molecule has 1 atom stereocenters. The molecule has 1 unspecified atom stereocenters. The molecule has 8 aromatic rings. The van der Waals surface area contributed by atoms with Crippen LogP contribution in [0.5, 0.6) is 11.5 Å². The molecule has 16 heteroatoms. The van der Waals surface area contributed by atoms with Crippen molar-refractivity contribution in [2.45, 2.75) is 57.9 Å². The van der Waals surface area contributed by atoms with Gasteiger partial charge in [-0.2, -0.15) is 10.1 Å². The summed E-state index contributed by atoms with van der Waals surface area (Å²) in [5, 5.41) is 21.4. The third-order valence-corrected chi connectivity index (χ3v) is 14.5. The number of aromatic nitrogens is 4. The first-order valence-electron chi connectivity index (χ1n) is 24.9. The number of piperidine rings is 1. The molecular formula is C57H55N9O7. The second-order valence-corrected chi connectivity index (χ2v) is 19.1. The van der Waals surface area contributed by atoms with E-state index in [2.05, 4.69) is 55.7 Å². The number of benzene rings is 5. The number of imide groups is 1. The fourth-order valence-corrected chi connectivity index (χ4v) is 10.5. The lowest BCUT2D eigenvalue weighted by atomic mass is 9.93. The number of carboxylic acids is 1. The average Bonchev–Trinajstić information content (AvgIpc) is 3.97. The van der Waals surface area contributed by atoms with E-state index in [-0.39, 0.29) is 29.4 Å². The Balaban J connectivity index is 0.676. The molecule has 0 bridgehead atoms. The normalized spacial score (nSPS) is 16.2. The van der Waals surface area contributed by atoms with Gasteiger partial charge in [-0.15, -0.1) is 0 Å². The van der Waals surface area contributed by atoms with Crippen LogP contribution in [0.3, 0.4) is 0 Å². The van der Waals surface area contributed by atoms with E-state index < -0.39 is 11.9 Å². The maximum atomic E-state index is 13.6. The van der Waals surface area contributed by atoms with Gasteiger partial charge in [-0.1, -0.05) is 48.5 Å². The van der Waals surface area contributed by atoms with Gasteiger partial charge in [-0.3, -0.25) is 34.6 Å². The van der Waals surface area contributed by atoms with Gasteiger partial charge in [0.1, 0.15) is 22.8 Å². The van der Waals surface area contributed by atoms with E-state index in [0.717, 1.165) is 91.0 Å². The predicted molar refractivity (Wildman–Crippen MR) is 278 cm³/mol. The number of oxazole rings is 1. The van der Waals surface area contributed by atoms with E-state index in [1.807, 2.05) is 96.3 Å². The summed E-state index contributed by atoms with van der Waals surface area (Å²) in [6.07, 6.45) is 4.58. The zero-order valence-electron chi connectivity index (χ0n) is 40.8. The number of hydrogen-bond acceptors (Lipinski definition) is 12. The van der Waals surface area contributed by atoms with Crippen LogP contribution in [0, 0.1) is 6.92 Å². The number of carbonyl (C=O) groups is 4. The quantitative estimate of drug-likeness (QED) is 0.0692. The van der Waals surface area contributed by atoms with Crippen LogP contribution in [0.2, 0.25) is 0 Å². The summed E-state index contributed by atoms with van der Waals surface area (Å²) in [7, 11) is 1.91. The van der Waals surface area contributed by atoms with Crippen molar-refractivity contribution in [2.24, 2.45) is 7.05 Å². The molecule has 0 spiro atoms.